The number of ether oxygens (including phenoxy) is 1. The maximum absolute atomic E-state index is 11.4. The largest absolute Gasteiger partial charge is 0.497 e. The SMILES string of the molecule is COc1ccc(Br)c(CC2(O)CCS(=O)(=O)C2)c1. The van der Waals surface area contributed by atoms with Crippen molar-refractivity contribution in [1.82, 2.24) is 0 Å². The van der Waals surface area contributed by atoms with E-state index >= 15 is 0 Å². The Morgan fingerprint density at radius 3 is 2.78 bits per heavy atom. The zero-order chi connectivity index (χ0) is 13.4. The highest BCUT2D eigenvalue weighted by molar-refractivity contribution is 9.10. The van der Waals surface area contributed by atoms with Gasteiger partial charge in [0.2, 0.25) is 0 Å². The second kappa shape index (κ2) is 4.83. The van der Waals surface area contributed by atoms with Crippen molar-refractivity contribution >= 4 is 25.8 Å². The third-order valence-electron chi connectivity index (χ3n) is 3.14. The van der Waals surface area contributed by atoms with Gasteiger partial charge in [0.05, 0.1) is 24.2 Å². The molecule has 1 aliphatic rings. The number of benzene rings is 1. The van der Waals surface area contributed by atoms with Gasteiger partial charge < -0.3 is 9.84 Å². The fourth-order valence-corrected chi connectivity index (χ4v) is 4.49. The smallest absolute Gasteiger partial charge is 0.153 e. The Balaban J connectivity index is 2.24. The summed E-state index contributed by atoms with van der Waals surface area (Å²) in [6.45, 7) is 0. The molecule has 1 unspecified atom stereocenters. The van der Waals surface area contributed by atoms with Gasteiger partial charge in [0.25, 0.3) is 0 Å². The number of halogens is 1. The lowest BCUT2D eigenvalue weighted by Gasteiger charge is -2.21. The van der Waals surface area contributed by atoms with Gasteiger partial charge in [-0.3, -0.25) is 0 Å². The fourth-order valence-electron chi connectivity index (χ4n) is 2.21. The molecular weight excluding hydrogens is 320 g/mol. The summed E-state index contributed by atoms with van der Waals surface area (Å²) in [7, 11) is -1.53. The molecule has 1 aromatic carbocycles. The van der Waals surface area contributed by atoms with E-state index in [-0.39, 0.29) is 11.5 Å². The van der Waals surface area contributed by atoms with Crippen LogP contribution < -0.4 is 4.74 Å². The second-order valence-corrected chi connectivity index (χ2v) is 7.74. The van der Waals surface area contributed by atoms with Gasteiger partial charge in [-0.15, -0.1) is 0 Å². The summed E-state index contributed by atoms with van der Waals surface area (Å²) in [6.07, 6.45) is 0.600. The molecule has 0 spiro atoms. The minimum absolute atomic E-state index is 0.0606. The highest BCUT2D eigenvalue weighted by atomic mass is 79.9. The molecule has 1 heterocycles. The highest BCUT2D eigenvalue weighted by Crippen LogP contribution is 2.31. The minimum atomic E-state index is -3.10. The molecule has 0 radical (unpaired) electrons. The Hall–Kier alpha value is -0.590. The predicted octanol–water partition coefficient (Wildman–Crippen LogP) is 1.55. The van der Waals surface area contributed by atoms with Crippen molar-refractivity contribution in [2.75, 3.05) is 18.6 Å². The van der Waals surface area contributed by atoms with Crippen LogP contribution in [0.15, 0.2) is 22.7 Å². The van der Waals surface area contributed by atoms with Crippen molar-refractivity contribution in [3.8, 4) is 5.75 Å². The van der Waals surface area contributed by atoms with Crippen LogP contribution in [-0.2, 0) is 16.3 Å². The van der Waals surface area contributed by atoms with Crippen LogP contribution in [0.4, 0.5) is 0 Å². The van der Waals surface area contributed by atoms with Crippen LogP contribution in [0.2, 0.25) is 0 Å². The first kappa shape index (κ1) is 13.8. The quantitative estimate of drug-likeness (QED) is 0.910. The van der Waals surface area contributed by atoms with Gasteiger partial charge >= 0.3 is 0 Å². The summed E-state index contributed by atoms with van der Waals surface area (Å²) in [4.78, 5) is 0. The monoisotopic (exact) mass is 334 g/mol. The van der Waals surface area contributed by atoms with E-state index in [9.17, 15) is 13.5 Å². The first-order valence-corrected chi connectivity index (χ1v) is 8.20. The molecule has 0 bridgehead atoms. The molecule has 1 fully saturated rings. The molecule has 1 aliphatic heterocycles. The number of hydrogen-bond acceptors (Lipinski definition) is 4. The molecule has 18 heavy (non-hydrogen) atoms. The summed E-state index contributed by atoms with van der Waals surface area (Å²) < 4.78 is 28.9. The number of aliphatic hydroxyl groups is 1. The zero-order valence-corrected chi connectivity index (χ0v) is 12.4. The molecule has 0 saturated carbocycles. The fraction of sp³-hybridized carbons (Fsp3) is 0.500. The predicted molar refractivity (Wildman–Crippen MR) is 72.6 cm³/mol. The minimum Gasteiger partial charge on any atom is -0.497 e. The van der Waals surface area contributed by atoms with E-state index in [1.54, 1.807) is 7.11 Å². The Morgan fingerprint density at radius 1 is 1.50 bits per heavy atom. The van der Waals surface area contributed by atoms with Crippen molar-refractivity contribution in [1.29, 1.82) is 0 Å². The lowest BCUT2D eigenvalue weighted by Crippen LogP contribution is -2.32. The average Bonchev–Trinajstić information content (AvgIpc) is 2.56. The van der Waals surface area contributed by atoms with Crippen molar-refractivity contribution in [3.05, 3.63) is 28.2 Å². The van der Waals surface area contributed by atoms with Crippen LogP contribution in [0.5, 0.6) is 5.75 Å². The summed E-state index contributed by atoms with van der Waals surface area (Å²) in [5.74, 6) is 0.590. The number of methoxy groups -OCH3 is 1. The Morgan fingerprint density at radius 2 is 2.22 bits per heavy atom. The molecule has 1 saturated heterocycles. The normalized spacial score (nSPS) is 26.2. The van der Waals surface area contributed by atoms with E-state index < -0.39 is 15.4 Å². The molecule has 0 aliphatic carbocycles. The van der Waals surface area contributed by atoms with Crippen LogP contribution >= 0.6 is 15.9 Å². The molecule has 100 valence electrons. The van der Waals surface area contributed by atoms with Gasteiger partial charge in [-0.25, -0.2) is 8.42 Å². The van der Waals surface area contributed by atoms with Crippen LogP contribution in [0, 0.1) is 0 Å². The molecule has 0 amide bonds. The molecular formula is C12H15BrO4S. The van der Waals surface area contributed by atoms with Crippen molar-refractivity contribution in [2.45, 2.75) is 18.4 Å². The highest BCUT2D eigenvalue weighted by Gasteiger charge is 2.40. The third-order valence-corrected chi connectivity index (χ3v) is 5.72. The molecule has 4 nitrogen and oxygen atoms in total. The summed E-state index contributed by atoms with van der Waals surface area (Å²) >= 11 is 3.40. The number of rotatable bonds is 3. The van der Waals surface area contributed by atoms with Gasteiger partial charge in [0.15, 0.2) is 9.84 Å². The number of hydrogen-bond donors (Lipinski definition) is 1. The summed E-state index contributed by atoms with van der Waals surface area (Å²) in [6, 6.07) is 5.46. The van der Waals surface area contributed by atoms with Gasteiger partial charge in [-0.1, -0.05) is 15.9 Å². The Bertz CT molecular complexity index is 555. The average molecular weight is 335 g/mol. The first-order valence-electron chi connectivity index (χ1n) is 5.59. The summed E-state index contributed by atoms with van der Waals surface area (Å²) in [5, 5.41) is 10.3. The molecule has 1 aromatic rings. The maximum atomic E-state index is 11.4. The topological polar surface area (TPSA) is 63.6 Å². The molecule has 0 aromatic heterocycles. The van der Waals surface area contributed by atoms with Crippen LogP contribution in [-0.4, -0.2) is 37.7 Å². The lowest BCUT2D eigenvalue weighted by atomic mass is 9.94. The van der Waals surface area contributed by atoms with Crippen LogP contribution in [0.25, 0.3) is 0 Å². The number of sulfone groups is 1. The van der Waals surface area contributed by atoms with Gasteiger partial charge in [0.1, 0.15) is 5.75 Å². The standard InChI is InChI=1S/C12H15BrO4S/c1-17-10-2-3-11(13)9(6-10)7-12(14)4-5-18(15,16)8-12/h2-3,6,14H,4-5,7-8H2,1H3. The van der Waals surface area contributed by atoms with Crippen molar-refractivity contribution in [3.63, 3.8) is 0 Å². The zero-order valence-electron chi connectivity index (χ0n) is 10.0. The van der Waals surface area contributed by atoms with Crippen molar-refractivity contribution in [2.24, 2.45) is 0 Å². The van der Waals surface area contributed by atoms with E-state index in [0.29, 0.717) is 18.6 Å². The van der Waals surface area contributed by atoms with E-state index in [1.165, 1.54) is 0 Å². The summed E-state index contributed by atoms with van der Waals surface area (Å²) in [5.41, 5.74) is -0.304. The van der Waals surface area contributed by atoms with Crippen LogP contribution in [0.3, 0.4) is 0 Å². The van der Waals surface area contributed by atoms with Gasteiger partial charge in [-0.2, -0.15) is 0 Å². The van der Waals surface area contributed by atoms with E-state index in [2.05, 4.69) is 15.9 Å². The van der Waals surface area contributed by atoms with Gasteiger partial charge in [0, 0.05) is 10.9 Å². The van der Waals surface area contributed by atoms with E-state index in [4.69, 9.17) is 4.74 Å². The molecule has 1 N–H and O–H groups in total. The Labute approximate surface area is 115 Å². The van der Waals surface area contributed by atoms with Crippen LogP contribution in [0.1, 0.15) is 12.0 Å². The second-order valence-electron chi connectivity index (χ2n) is 4.70. The molecule has 6 heteroatoms. The van der Waals surface area contributed by atoms with Crippen molar-refractivity contribution < 1.29 is 18.3 Å². The third kappa shape index (κ3) is 3.05. The molecule has 2 rings (SSSR count). The maximum Gasteiger partial charge on any atom is 0.153 e. The van der Waals surface area contributed by atoms with Gasteiger partial charge in [-0.05, 0) is 30.2 Å². The van der Waals surface area contributed by atoms with E-state index in [0.717, 1.165) is 10.0 Å². The lowest BCUT2D eigenvalue weighted by molar-refractivity contribution is 0.0680. The molecule has 1 atom stereocenters. The van der Waals surface area contributed by atoms with E-state index in [1.807, 2.05) is 18.2 Å². The first-order chi connectivity index (χ1) is 8.34. The Kier molecular flexibility index (Phi) is 3.71.